The third kappa shape index (κ3) is 3.07. The van der Waals surface area contributed by atoms with Crippen molar-refractivity contribution in [2.45, 2.75) is 63.5 Å². The molecule has 3 fully saturated rings. The molecule has 3 aliphatic rings. The highest BCUT2D eigenvalue weighted by molar-refractivity contribution is 5.89. The zero-order chi connectivity index (χ0) is 14.8. The van der Waals surface area contributed by atoms with Crippen LogP contribution in [0.2, 0.25) is 0 Å². The Balaban J connectivity index is 1.55. The predicted molar refractivity (Wildman–Crippen MR) is 78.4 cm³/mol. The number of hydrogen-bond donors (Lipinski definition) is 2. The maximum atomic E-state index is 12.4. The second-order valence-corrected chi connectivity index (χ2v) is 6.87. The fourth-order valence-electron chi connectivity index (χ4n) is 4.22. The molecule has 118 valence electrons. The van der Waals surface area contributed by atoms with Crippen LogP contribution in [0.25, 0.3) is 0 Å². The van der Waals surface area contributed by atoms with Crippen molar-refractivity contribution in [2.24, 2.45) is 11.8 Å². The molecule has 2 aliphatic carbocycles. The second kappa shape index (κ2) is 6.34. The van der Waals surface area contributed by atoms with Crippen molar-refractivity contribution in [3.63, 3.8) is 0 Å². The molecular formula is C16H26N2O3. The molecule has 1 heterocycles. The SMILES string of the molecule is O=C(NC1CCCC1CO)C1CC(=O)N(C2CCCC2)C1. The Morgan fingerprint density at radius 1 is 1.19 bits per heavy atom. The van der Waals surface area contributed by atoms with Gasteiger partial charge in [0.25, 0.3) is 0 Å². The highest BCUT2D eigenvalue weighted by atomic mass is 16.3. The minimum atomic E-state index is -0.196. The van der Waals surface area contributed by atoms with Gasteiger partial charge in [0, 0.05) is 37.6 Å². The summed E-state index contributed by atoms with van der Waals surface area (Å²) in [4.78, 5) is 26.5. The molecule has 1 saturated heterocycles. The fraction of sp³-hybridized carbons (Fsp3) is 0.875. The van der Waals surface area contributed by atoms with E-state index in [0.29, 0.717) is 19.0 Å². The standard InChI is InChI=1S/C16H26N2O3/c19-10-11-4-3-7-14(11)17-16(21)12-8-15(20)18(9-12)13-5-1-2-6-13/h11-14,19H,1-10H2,(H,17,21). The molecule has 2 amide bonds. The number of carbonyl (C=O) groups excluding carboxylic acids is 2. The first kappa shape index (κ1) is 14.8. The smallest absolute Gasteiger partial charge is 0.225 e. The Labute approximate surface area is 126 Å². The minimum absolute atomic E-state index is 0.00852. The third-order valence-electron chi connectivity index (χ3n) is 5.52. The van der Waals surface area contributed by atoms with E-state index in [2.05, 4.69) is 5.32 Å². The van der Waals surface area contributed by atoms with E-state index in [1.54, 1.807) is 0 Å². The zero-order valence-corrected chi connectivity index (χ0v) is 12.6. The summed E-state index contributed by atoms with van der Waals surface area (Å²) in [6.45, 7) is 0.731. The summed E-state index contributed by atoms with van der Waals surface area (Å²) in [6.07, 6.45) is 7.94. The molecule has 3 unspecified atom stereocenters. The highest BCUT2D eigenvalue weighted by Crippen LogP contribution is 2.30. The lowest BCUT2D eigenvalue weighted by Crippen LogP contribution is -2.43. The summed E-state index contributed by atoms with van der Waals surface area (Å²) >= 11 is 0. The van der Waals surface area contributed by atoms with Gasteiger partial charge in [0.15, 0.2) is 0 Å². The molecule has 0 aromatic rings. The number of nitrogens with one attached hydrogen (secondary N) is 1. The maximum Gasteiger partial charge on any atom is 0.225 e. The molecule has 0 bridgehead atoms. The van der Waals surface area contributed by atoms with Gasteiger partial charge in [-0.3, -0.25) is 9.59 Å². The Morgan fingerprint density at radius 2 is 1.95 bits per heavy atom. The minimum Gasteiger partial charge on any atom is -0.396 e. The summed E-state index contributed by atoms with van der Waals surface area (Å²) in [5, 5.41) is 12.4. The predicted octanol–water partition coefficient (Wildman–Crippen LogP) is 1.05. The van der Waals surface area contributed by atoms with Crippen LogP contribution < -0.4 is 5.32 Å². The van der Waals surface area contributed by atoms with Crippen LogP contribution in [0.5, 0.6) is 0 Å². The number of rotatable bonds is 4. The number of carbonyl (C=O) groups is 2. The Morgan fingerprint density at radius 3 is 2.67 bits per heavy atom. The van der Waals surface area contributed by atoms with Crippen LogP contribution in [0.1, 0.15) is 51.4 Å². The van der Waals surface area contributed by atoms with Crippen molar-refractivity contribution in [3.05, 3.63) is 0 Å². The molecule has 0 spiro atoms. The van der Waals surface area contributed by atoms with E-state index in [1.807, 2.05) is 4.90 Å². The van der Waals surface area contributed by atoms with Crippen LogP contribution >= 0.6 is 0 Å². The lowest BCUT2D eigenvalue weighted by molar-refractivity contribution is -0.130. The van der Waals surface area contributed by atoms with Crippen LogP contribution in [-0.4, -0.2) is 47.1 Å². The van der Waals surface area contributed by atoms with Crippen LogP contribution in [0.4, 0.5) is 0 Å². The van der Waals surface area contributed by atoms with Gasteiger partial charge in [0.1, 0.15) is 0 Å². The van der Waals surface area contributed by atoms with Crippen molar-refractivity contribution in [3.8, 4) is 0 Å². The molecule has 0 aromatic heterocycles. The summed E-state index contributed by atoms with van der Waals surface area (Å²) in [6, 6.07) is 0.463. The lowest BCUT2D eigenvalue weighted by atomic mass is 10.0. The Bertz CT molecular complexity index is 406. The lowest BCUT2D eigenvalue weighted by Gasteiger charge is -2.24. The van der Waals surface area contributed by atoms with Crippen molar-refractivity contribution in [1.29, 1.82) is 0 Å². The van der Waals surface area contributed by atoms with Crippen LogP contribution in [0, 0.1) is 11.8 Å². The van der Waals surface area contributed by atoms with E-state index in [4.69, 9.17) is 0 Å². The molecule has 2 saturated carbocycles. The first-order valence-electron chi connectivity index (χ1n) is 8.39. The summed E-state index contributed by atoms with van der Waals surface area (Å²) in [5.41, 5.74) is 0. The van der Waals surface area contributed by atoms with Gasteiger partial charge in [-0.15, -0.1) is 0 Å². The molecular weight excluding hydrogens is 268 g/mol. The molecule has 21 heavy (non-hydrogen) atoms. The number of hydrogen-bond acceptors (Lipinski definition) is 3. The van der Waals surface area contributed by atoms with Gasteiger partial charge in [-0.05, 0) is 25.7 Å². The van der Waals surface area contributed by atoms with Crippen LogP contribution in [0.15, 0.2) is 0 Å². The molecule has 1 aliphatic heterocycles. The number of aliphatic hydroxyl groups excluding tert-OH is 1. The van der Waals surface area contributed by atoms with Crippen molar-refractivity contribution < 1.29 is 14.7 Å². The molecule has 2 N–H and O–H groups in total. The quantitative estimate of drug-likeness (QED) is 0.814. The van der Waals surface area contributed by atoms with Crippen LogP contribution in [0.3, 0.4) is 0 Å². The summed E-state index contributed by atoms with van der Waals surface area (Å²) < 4.78 is 0. The summed E-state index contributed by atoms with van der Waals surface area (Å²) in [5.74, 6) is 0.149. The average molecular weight is 294 g/mol. The van der Waals surface area contributed by atoms with Gasteiger partial charge in [-0.1, -0.05) is 19.3 Å². The normalized spacial score (nSPS) is 33.9. The number of amides is 2. The van der Waals surface area contributed by atoms with E-state index in [9.17, 15) is 14.7 Å². The number of nitrogens with zero attached hydrogens (tertiary/aromatic N) is 1. The summed E-state index contributed by atoms with van der Waals surface area (Å²) in [7, 11) is 0. The monoisotopic (exact) mass is 294 g/mol. The number of aliphatic hydroxyl groups is 1. The van der Waals surface area contributed by atoms with Gasteiger partial charge in [0.05, 0.1) is 5.92 Å². The molecule has 0 aromatic carbocycles. The average Bonchev–Trinajstić information content (AvgIpc) is 3.17. The van der Waals surface area contributed by atoms with E-state index in [1.165, 1.54) is 12.8 Å². The van der Waals surface area contributed by atoms with Gasteiger partial charge < -0.3 is 15.3 Å². The molecule has 5 heteroatoms. The fourth-order valence-corrected chi connectivity index (χ4v) is 4.22. The second-order valence-electron chi connectivity index (χ2n) is 6.87. The number of likely N-dealkylation sites (tertiary alicyclic amines) is 1. The zero-order valence-electron chi connectivity index (χ0n) is 12.6. The van der Waals surface area contributed by atoms with Crippen LogP contribution in [-0.2, 0) is 9.59 Å². The molecule has 0 radical (unpaired) electrons. The van der Waals surface area contributed by atoms with E-state index in [-0.39, 0.29) is 36.3 Å². The largest absolute Gasteiger partial charge is 0.396 e. The van der Waals surface area contributed by atoms with E-state index < -0.39 is 0 Å². The van der Waals surface area contributed by atoms with Gasteiger partial charge in [-0.25, -0.2) is 0 Å². The van der Waals surface area contributed by atoms with Gasteiger partial charge in [-0.2, -0.15) is 0 Å². The molecule has 3 atom stereocenters. The van der Waals surface area contributed by atoms with Gasteiger partial charge in [0.2, 0.25) is 11.8 Å². The first-order valence-corrected chi connectivity index (χ1v) is 8.39. The Kier molecular flexibility index (Phi) is 4.48. The highest BCUT2D eigenvalue weighted by Gasteiger charge is 2.39. The first-order chi connectivity index (χ1) is 10.2. The van der Waals surface area contributed by atoms with Crippen molar-refractivity contribution in [2.75, 3.05) is 13.2 Å². The topological polar surface area (TPSA) is 69.6 Å². The van der Waals surface area contributed by atoms with E-state index in [0.717, 1.165) is 32.1 Å². The van der Waals surface area contributed by atoms with Gasteiger partial charge >= 0.3 is 0 Å². The Hall–Kier alpha value is -1.10. The van der Waals surface area contributed by atoms with E-state index >= 15 is 0 Å². The third-order valence-corrected chi connectivity index (χ3v) is 5.52. The van der Waals surface area contributed by atoms with Crippen molar-refractivity contribution >= 4 is 11.8 Å². The molecule has 5 nitrogen and oxygen atoms in total. The maximum absolute atomic E-state index is 12.4. The van der Waals surface area contributed by atoms with Crippen molar-refractivity contribution in [1.82, 2.24) is 10.2 Å². The molecule has 3 rings (SSSR count).